The number of thioether (sulfide) groups is 1. The molecule has 0 nitrogen and oxygen atoms in total. The molecule has 1 rings (SSSR count). The summed E-state index contributed by atoms with van der Waals surface area (Å²) >= 11 is 2.28. The summed E-state index contributed by atoms with van der Waals surface area (Å²) in [6.07, 6.45) is 13.1. The van der Waals surface area contributed by atoms with E-state index in [0.717, 1.165) is 11.2 Å². The van der Waals surface area contributed by atoms with Gasteiger partial charge in [-0.1, -0.05) is 52.4 Å². The first kappa shape index (κ1) is 13.4. The maximum atomic E-state index is 2.36. The van der Waals surface area contributed by atoms with Gasteiger partial charge >= 0.3 is 0 Å². The molecule has 1 heteroatoms. The lowest BCUT2D eigenvalue weighted by atomic mass is 10.0. The number of hydrogen-bond acceptors (Lipinski definition) is 1. The summed E-state index contributed by atoms with van der Waals surface area (Å²) in [5.74, 6) is 2.43. The van der Waals surface area contributed by atoms with Gasteiger partial charge in [-0.15, -0.1) is 0 Å². The minimum Gasteiger partial charge on any atom is -0.158 e. The van der Waals surface area contributed by atoms with Crippen molar-refractivity contribution in [1.29, 1.82) is 0 Å². The molecule has 1 atom stereocenters. The Kier molecular flexibility index (Phi) is 7.60. The Balaban J connectivity index is 2.09. The van der Waals surface area contributed by atoms with Crippen molar-refractivity contribution in [2.24, 2.45) is 5.92 Å². The van der Waals surface area contributed by atoms with Crippen LogP contribution in [0, 0.1) is 5.92 Å². The van der Waals surface area contributed by atoms with Gasteiger partial charge in [-0.2, -0.15) is 11.8 Å². The van der Waals surface area contributed by atoms with Crippen LogP contribution >= 0.6 is 11.8 Å². The van der Waals surface area contributed by atoms with E-state index in [-0.39, 0.29) is 0 Å². The van der Waals surface area contributed by atoms with Gasteiger partial charge in [-0.3, -0.25) is 0 Å². The Bertz CT molecular complexity index is 138. The highest BCUT2D eigenvalue weighted by molar-refractivity contribution is 7.99. The molecule has 1 fully saturated rings. The van der Waals surface area contributed by atoms with Crippen molar-refractivity contribution in [3.8, 4) is 0 Å². The van der Waals surface area contributed by atoms with Gasteiger partial charge < -0.3 is 0 Å². The molecule has 0 amide bonds. The molecule has 0 bridgehead atoms. The highest BCUT2D eigenvalue weighted by atomic mass is 32.2. The van der Waals surface area contributed by atoms with Crippen LogP contribution in [-0.2, 0) is 0 Å². The van der Waals surface area contributed by atoms with Crippen molar-refractivity contribution in [2.75, 3.05) is 5.75 Å². The molecule has 15 heavy (non-hydrogen) atoms. The highest BCUT2D eigenvalue weighted by Gasteiger charge is 2.15. The van der Waals surface area contributed by atoms with Gasteiger partial charge in [0.05, 0.1) is 0 Å². The van der Waals surface area contributed by atoms with Gasteiger partial charge in [0.2, 0.25) is 0 Å². The predicted molar refractivity (Wildman–Crippen MR) is 72.6 cm³/mol. The van der Waals surface area contributed by atoms with Gasteiger partial charge in [-0.05, 0) is 30.9 Å². The molecule has 0 radical (unpaired) electrons. The van der Waals surface area contributed by atoms with Crippen molar-refractivity contribution in [3.05, 3.63) is 0 Å². The van der Waals surface area contributed by atoms with Crippen molar-refractivity contribution in [1.82, 2.24) is 0 Å². The van der Waals surface area contributed by atoms with E-state index in [1.54, 1.807) is 0 Å². The molecule has 1 aliphatic rings. The van der Waals surface area contributed by atoms with Crippen LogP contribution in [0.5, 0.6) is 0 Å². The van der Waals surface area contributed by atoms with Gasteiger partial charge in [0.25, 0.3) is 0 Å². The maximum Gasteiger partial charge on any atom is 0.00471 e. The van der Waals surface area contributed by atoms with Gasteiger partial charge in [0.1, 0.15) is 0 Å². The second-order valence-electron chi connectivity index (χ2n) is 5.01. The quantitative estimate of drug-likeness (QED) is 0.572. The summed E-state index contributed by atoms with van der Waals surface area (Å²) < 4.78 is 0. The fraction of sp³-hybridized carbons (Fsp3) is 1.00. The average molecular weight is 228 g/mol. The third kappa shape index (κ3) is 5.85. The summed E-state index contributed by atoms with van der Waals surface area (Å²) in [7, 11) is 0. The van der Waals surface area contributed by atoms with Gasteiger partial charge in [-0.25, -0.2) is 0 Å². The number of rotatable bonds is 7. The zero-order valence-corrected chi connectivity index (χ0v) is 11.5. The van der Waals surface area contributed by atoms with E-state index in [2.05, 4.69) is 25.6 Å². The Hall–Kier alpha value is 0.350. The Morgan fingerprint density at radius 3 is 2.47 bits per heavy atom. The predicted octanol–water partition coefficient (Wildman–Crippen LogP) is 5.27. The zero-order chi connectivity index (χ0) is 10.9. The van der Waals surface area contributed by atoms with E-state index in [9.17, 15) is 0 Å². The fourth-order valence-electron chi connectivity index (χ4n) is 2.40. The first-order chi connectivity index (χ1) is 7.36. The first-order valence-corrected chi connectivity index (χ1v) is 8.03. The van der Waals surface area contributed by atoms with Crippen LogP contribution in [0.25, 0.3) is 0 Å². The van der Waals surface area contributed by atoms with E-state index < -0.39 is 0 Å². The Morgan fingerprint density at radius 1 is 1.13 bits per heavy atom. The smallest absolute Gasteiger partial charge is 0.00471 e. The topological polar surface area (TPSA) is 0 Å². The van der Waals surface area contributed by atoms with E-state index in [4.69, 9.17) is 0 Å². The molecule has 0 aromatic heterocycles. The fourth-order valence-corrected chi connectivity index (χ4v) is 4.02. The molecule has 1 saturated carbocycles. The lowest BCUT2D eigenvalue weighted by Gasteiger charge is -2.23. The summed E-state index contributed by atoms with van der Waals surface area (Å²) in [6.45, 7) is 4.67. The molecule has 0 N–H and O–H groups in total. The molecule has 0 aliphatic heterocycles. The monoisotopic (exact) mass is 228 g/mol. The van der Waals surface area contributed by atoms with Crippen LogP contribution in [0.4, 0.5) is 0 Å². The van der Waals surface area contributed by atoms with E-state index in [0.29, 0.717) is 0 Å². The molecule has 1 aliphatic carbocycles. The normalized spacial score (nSPS) is 20.4. The largest absolute Gasteiger partial charge is 0.158 e. The standard InChI is InChI=1S/C14H28S/c1-3-5-9-13(4-2)12-15-14-10-7-6-8-11-14/h13-14H,3-12H2,1-2H3. The van der Waals surface area contributed by atoms with Crippen molar-refractivity contribution in [2.45, 2.75) is 76.9 Å². The summed E-state index contributed by atoms with van der Waals surface area (Å²) in [5.41, 5.74) is 0. The van der Waals surface area contributed by atoms with Crippen molar-refractivity contribution in [3.63, 3.8) is 0 Å². The van der Waals surface area contributed by atoms with Crippen molar-refractivity contribution < 1.29 is 0 Å². The van der Waals surface area contributed by atoms with Crippen LogP contribution in [0.15, 0.2) is 0 Å². The first-order valence-electron chi connectivity index (χ1n) is 6.98. The third-order valence-electron chi connectivity index (χ3n) is 3.66. The summed E-state index contributed by atoms with van der Waals surface area (Å²) in [4.78, 5) is 0. The van der Waals surface area contributed by atoms with Gasteiger partial charge in [0, 0.05) is 5.25 Å². The molecule has 1 unspecified atom stereocenters. The number of hydrogen-bond donors (Lipinski definition) is 0. The molecule has 0 aromatic carbocycles. The van der Waals surface area contributed by atoms with E-state index in [1.807, 2.05) is 0 Å². The van der Waals surface area contributed by atoms with Crippen LogP contribution in [-0.4, -0.2) is 11.0 Å². The minimum absolute atomic E-state index is 0.997. The van der Waals surface area contributed by atoms with Crippen LogP contribution in [0.2, 0.25) is 0 Å². The molecule has 90 valence electrons. The molecule has 0 spiro atoms. The maximum absolute atomic E-state index is 2.36. The molecular formula is C14H28S. The minimum atomic E-state index is 0.997. The molecule has 0 saturated heterocycles. The zero-order valence-electron chi connectivity index (χ0n) is 10.6. The second-order valence-corrected chi connectivity index (χ2v) is 6.34. The summed E-state index contributed by atoms with van der Waals surface area (Å²) in [6, 6.07) is 0. The molecular weight excluding hydrogens is 200 g/mol. The van der Waals surface area contributed by atoms with Crippen molar-refractivity contribution >= 4 is 11.8 Å². The van der Waals surface area contributed by atoms with Gasteiger partial charge in [0.15, 0.2) is 0 Å². The van der Waals surface area contributed by atoms with E-state index >= 15 is 0 Å². The molecule has 0 aromatic rings. The lowest BCUT2D eigenvalue weighted by Crippen LogP contribution is -2.12. The Morgan fingerprint density at radius 2 is 1.87 bits per heavy atom. The van der Waals surface area contributed by atoms with Crippen LogP contribution in [0.3, 0.4) is 0 Å². The van der Waals surface area contributed by atoms with Crippen LogP contribution < -0.4 is 0 Å². The number of unbranched alkanes of at least 4 members (excludes halogenated alkanes) is 1. The SMILES string of the molecule is CCCCC(CC)CSC1CCCCC1. The third-order valence-corrected chi connectivity index (χ3v) is 5.27. The lowest BCUT2D eigenvalue weighted by molar-refractivity contribution is 0.491. The second kappa shape index (κ2) is 8.50. The molecule has 0 heterocycles. The highest BCUT2D eigenvalue weighted by Crippen LogP contribution is 2.30. The van der Waals surface area contributed by atoms with E-state index in [1.165, 1.54) is 63.5 Å². The van der Waals surface area contributed by atoms with Crippen LogP contribution in [0.1, 0.15) is 71.6 Å². The Labute approximate surface area is 101 Å². The average Bonchev–Trinajstić information content (AvgIpc) is 2.31. The summed E-state index contributed by atoms with van der Waals surface area (Å²) in [5, 5.41) is 1.01.